The first-order valence-electron chi connectivity index (χ1n) is 9.12. The predicted octanol–water partition coefficient (Wildman–Crippen LogP) is 0.631. The molecule has 2 aliphatic rings. The first-order chi connectivity index (χ1) is 13.5. The third-order valence-corrected chi connectivity index (χ3v) is 7.94. The van der Waals surface area contributed by atoms with Gasteiger partial charge in [-0.25, -0.2) is 0 Å². The van der Waals surface area contributed by atoms with Gasteiger partial charge in [0.1, 0.15) is 0 Å². The second kappa shape index (κ2) is 8.52. The number of fused-ring (bicyclic) bond motifs is 3. The van der Waals surface area contributed by atoms with E-state index in [1.165, 1.54) is 15.1 Å². The summed E-state index contributed by atoms with van der Waals surface area (Å²) in [5, 5.41) is 10.7. The van der Waals surface area contributed by atoms with E-state index in [0.29, 0.717) is 38.8 Å². The van der Waals surface area contributed by atoms with Gasteiger partial charge in [-0.2, -0.15) is 0 Å². The quantitative estimate of drug-likeness (QED) is 0.443. The molecular formula is C17H21ClF2IN6O-. The van der Waals surface area contributed by atoms with E-state index in [1.807, 2.05) is 11.6 Å². The maximum absolute atomic E-state index is 13.4. The van der Waals surface area contributed by atoms with Crippen molar-refractivity contribution in [3.05, 3.63) is 16.9 Å². The van der Waals surface area contributed by atoms with E-state index >= 15 is 0 Å². The molecular weight excluding hydrogens is 505 g/mol. The van der Waals surface area contributed by atoms with Gasteiger partial charge >= 0.3 is 177 Å². The summed E-state index contributed by atoms with van der Waals surface area (Å²) in [6, 6.07) is -0.788. The number of anilines is 3. The molecule has 11 heteroatoms. The van der Waals surface area contributed by atoms with Crippen molar-refractivity contribution in [1.29, 1.82) is 0 Å². The maximum atomic E-state index is 13.4. The molecule has 1 fully saturated rings. The van der Waals surface area contributed by atoms with Gasteiger partial charge in [0.15, 0.2) is 0 Å². The van der Waals surface area contributed by atoms with Crippen molar-refractivity contribution in [2.75, 3.05) is 26.1 Å². The monoisotopic (exact) mass is 525 g/mol. The van der Waals surface area contributed by atoms with Crippen LogP contribution < -0.4 is 36.6 Å². The van der Waals surface area contributed by atoms with Crippen LogP contribution >= 0.6 is 11.6 Å². The van der Waals surface area contributed by atoms with Gasteiger partial charge in [0.25, 0.3) is 0 Å². The van der Waals surface area contributed by atoms with Crippen LogP contribution in [0.1, 0.15) is 31.0 Å². The Hall–Kier alpha value is -1.43. The molecule has 28 heavy (non-hydrogen) atoms. The van der Waals surface area contributed by atoms with Gasteiger partial charge in [-0.3, -0.25) is 0 Å². The van der Waals surface area contributed by atoms with Crippen LogP contribution in [-0.2, 0) is 0 Å². The Kier molecular flexibility index (Phi) is 6.04. The number of hydrogen-bond donors (Lipinski definition) is 2. The molecule has 0 aliphatic carbocycles. The van der Waals surface area contributed by atoms with Crippen molar-refractivity contribution in [1.82, 2.24) is 19.7 Å². The molecule has 4 rings (SSSR count). The molecule has 0 amide bonds. The van der Waals surface area contributed by atoms with E-state index in [4.69, 9.17) is 16.3 Å². The van der Waals surface area contributed by atoms with Crippen LogP contribution in [0.5, 0.6) is 5.88 Å². The van der Waals surface area contributed by atoms with E-state index in [9.17, 15) is 8.78 Å². The molecule has 1 atom stereocenters. The van der Waals surface area contributed by atoms with Crippen LogP contribution in [0.15, 0.2) is 6.20 Å². The zero-order valence-electron chi connectivity index (χ0n) is 15.3. The summed E-state index contributed by atoms with van der Waals surface area (Å²) in [6.07, 6.45) is 1.13. The van der Waals surface area contributed by atoms with Crippen molar-refractivity contribution in [3.63, 3.8) is 0 Å². The molecule has 7 nitrogen and oxygen atoms in total. The number of ether oxygens (including phenoxy) is 1. The Morgan fingerprint density at radius 3 is 2.86 bits per heavy atom. The van der Waals surface area contributed by atoms with Crippen molar-refractivity contribution in [2.45, 2.75) is 44.7 Å². The van der Waals surface area contributed by atoms with Crippen molar-refractivity contribution in [2.24, 2.45) is 0 Å². The minimum absolute atomic E-state index is 0.0898. The Balaban J connectivity index is 1.71. The molecule has 154 valence electrons. The number of nitrogens with zero attached hydrogens (tertiary/aromatic N) is 4. The summed E-state index contributed by atoms with van der Waals surface area (Å²) >= 11 is 6.42. The Morgan fingerprint density at radius 2 is 2.11 bits per heavy atom. The number of hydrogen-bond acceptors (Lipinski definition) is 6. The molecule has 2 aromatic rings. The summed E-state index contributed by atoms with van der Waals surface area (Å²) in [7, 11) is 0. The fraction of sp³-hybridized carbons (Fsp3) is 0.588. The fourth-order valence-electron chi connectivity index (χ4n) is 3.34. The van der Waals surface area contributed by atoms with E-state index < -0.39 is 12.5 Å². The molecule has 1 saturated heterocycles. The van der Waals surface area contributed by atoms with Crippen LogP contribution in [-0.4, -0.2) is 47.7 Å². The molecule has 0 spiro atoms. The topological polar surface area (TPSA) is 76.9 Å². The van der Waals surface area contributed by atoms with Crippen molar-refractivity contribution in [3.8, 4) is 5.88 Å². The zero-order valence-corrected chi connectivity index (χ0v) is 18.2. The van der Waals surface area contributed by atoms with Gasteiger partial charge in [0.2, 0.25) is 0 Å². The summed E-state index contributed by atoms with van der Waals surface area (Å²) in [5.41, 5.74) is 1.60. The minimum atomic E-state index is -2.59. The molecule has 4 heterocycles. The molecule has 0 radical (unpaired) electrons. The Morgan fingerprint density at radius 1 is 1.32 bits per heavy atom. The van der Waals surface area contributed by atoms with E-state index in [-0.39, 0.29) is 29.8 Å². The Labute approximate surface area is 176 Å². The SMILES string of the molecule is Cc1c2c(nn1C1CC[I-]CC1)OCCC(C(F)F)Nc1nc(ncc1Cl)N2. The van der Waals surface area contributed by atoms with Gasteiger partial charge in [-0.1, -0.05) is 0 Å². The summed E-state index contributed by atoms with van der Waals surface area (Å²) in [6.45, 7) is 2.08. The normalized spacial score (nSPS) is 20.8. The summed E-state index contributed by atoms with van der Waals surface area (Å²) < 4.78 is 37.2. The van der Waals surface area contributed by atoms with Crippen molar-refractivity contribution < 1.29 is 34.7 Å². The molecule has 2 aliphatic heterocycles. The number of halogens is 4. The van der Waals surface area contributed by atoms with Gasteiger partial charge in [-0.05, 0) is 0 Å². The van der Waals surface area contributed by atoms with E-state index in [1.54, 1.807) is 0 Å². The van der Waals surface area contributed by atoms with E-state index in [2.05, 4.69) is 25.7 Å². The molecule has 1 unspecified atom stereocenters. The third-order valence-electron chi connectivity index (χ3n) is 4.89. The Bertz CT molecular complexity index is 845. The first-order valence-corrected chi connectivity index (χ1v) is 12.6. The van der Waals surface area contributed by atoms with Crippen molar-refractivity contribution >= 4 is 29.1 Å². The standard InChI is InChI=1S/C17H21ClF2IN6O/c1-9-13-16(26-27(9)10-2-5-21-6-3-10)28-7-4-12(14(19)20)23-15-11(18)8-22-17(24-13)25-15/h8,10,12,14H,2-7H2,1H3,(H2,22,23,24,25)/q-1. The number of aromatic nitrogens is 4. The fourth-order valence-corrected chi connectivity index (χ4v) is 6.35. The van der Waals surface area contributed by atoms with Crippen LogP contribution in [0.3, 0.4) is 0 Å². The van der Waals surface area contributed by atoms with Gasteiger partial charge in [0, 0.05) is 0 Å². The molecule has 0 aromatic carbocycles. The molecule has 0 saturated carbocycles. The average Bonchev–Trinajstić information content (AvgIpc) is 2.98. The van der Waals surface area contributed by atoms with Crippen LogP contribution in [0.2, 0.25) is 5.02 Å². The third kappa shape index (κ3) is 4.12. The van der Waals surface area contributed by atoms with Crippen LogP contribution in [0, 0.1) is 6.92 Å². The van der Waals surface area contributed by atoms with Gasteiger partial charge < -0.3 is 0 Å². The average molecular weight is 526 g/mol. The van der Waals surface area contributed by atoms with E-state index in [0.717, 1.165) is 18.5 Å². The number of alkyl halides is 4. The summed E-state index contributed by atoms with van der Waals surface area (Å²) in [4.78, 5) is 8.46. The molecule has 2 aromatic heterocycles. The van der Waals surface area contributed by atoms with Crippen LogP contribution in [0.4, 0.5) is 26.2 Å². The predicted molar refractivity (Wildman–Crippen MR) is 98.8 cm³/mol. The molecule has 2 bridgehead atoms. The zero-order chi connectivity index (χ0) is 19.7. The van der Waals surface area contributed by atoms with Gasteiger partial charge in [0.05, 0.1) is 0 Å². The second-order valence-electron chi connectivity index (χ2n) is 6.75. The number of rotatable bonds is 2. The molecule has 2 N–H and O–H groups in total. The summed E-state index contributed by atoms with van der Waals surface area (Å²) in [5.74, 6) is 0.825. The first kappa shape index (κ1) is 19.9. The second-order valence-corrected chi connectivity index (χ2v) is 10.4. The van der Waals surface area contributed by atoms with Crippen LogP contribution in [0.25, 0.3) is 0 Å². The van der Waals surface area contributed by atoms with Gasteiger partial charge in [-0.15, -0.1) is 0 Å². The number of nitrogens with one attached hydrogen (secondary N) is 2.